The Labute approximate surface area is 187 Å². The van der Waals surface area contributed by atoms with Gasteiger partial charge in [-0.25, -0.2) is 4.98 Å². The summed E-state index contributed by atoms with van der Waals surface area (Å²) in [6.07, 6.45) is -0.797. The zero-order chi connectivity index (χ0) is 22.8. The van der Waals surface area contributed by atoms with Gasteiger partial charge >= 0.3 is 6.18 Å². The summed E-state index contributed by atoms with van der Waals surface area (Å²) in [5.41, 5.74) is -2.07. The molecule has 1 fully saturated rings. The number of anilines is 2. The molecule has 162 valence electrons. The molecule has 1 saturated carbocycles. The third-order valence-corrected chi connectivity index (χ3v) is 6.27. The molecular weight excluding hydrogens is 447 g/mol. The second kappa shape index (κ2) is 8.82. The molecule has 11 heteroatoms. The van der Waals surface area contributed by atoms with Crippen molar-refractivity contribution < 1.29 is 18.0 Å². The van der Waals surface area contributed by atoms with E-state index in [2.05, 4.69) is 4.98 Å². The monoisotopic (exact) mass is 465 g/mol. The van der Waals surface area contributed by atoms with Crippen molar-refractivity contribution in [2.24, 2.45) is 5.14 Å². The highest BCUT2D eigenvalue weighted by Gasteiger charge is 2.45. The quantitative estimate of drug-likeness (QED) is 0.398. The van der Waals surface area contributed by atoms with Crippen LogP contribution in [0.5, 0.6) is 0 Å². The Kier molecular flexibility index (Phi) is 6.54. The van der Waals surface area contributed by atoms with E-state index in [0.717, 1.165) is 41.8 Å². The van der Waals surface area contributed by atoms with E-state index in [-0.39, 0.29) is 10.8 Å². The standard InChI is InChI=1S/C20H18F3N5OS2/c1-27(14-9-16(20(21,22)23)17(10-24)26-11-14)18(30)28(19(12-29)7-2-8-19)13-3-5-15(31-25)6-4-13/h3-6,9,11-12H,2,7-8,25H2,1H3. The van der Waals surface area contributed by atoms with Crippen LogP contribution in [-0.2, 0) is 11.0 Å². The maximum absolute atomic E-state index is 13.4. The molecule has 0 aliphatic heterocycles. The number of nitriles is 1. The fourth-order valence-corrected chi connectivity index (χ4v) is 4.05. The van der Waals surface area contributed by atoms with Crippen molar-refractivity contribution in [3.63, 3.8) is 0 Å². The highest BCUT2D eigenvalue weighted by Crippen LogP contribution is 2.41. The van der Waals surface area contributed by atoms with Gasteiger partial charge in [0.2, 0.25) is 0 Å². The second-order valence-electron chi connectivity index (χ2n) is 7.06. The largest absolute Gasteiger partial charge is 0.419 e. The first-order valence-corrected chi connectivity index (χ1v) is 10.4. The van der Waals surface area contributed by atoms with E-state index < -0.39 is 23.0 Å². The van der Waals surface area contributed by atoms with Gasteiger partial charge in [-0.05, 0) is 73.8 Å². The van der Waals surface area contributed by atoms with Gasteiger partial charge in [-0.2, -0.15) is 18.4 Å². The molecule has 3 rings (SSSR count). The highest BCUT2D eigenvalue weighted by molar-refractivity contribution is 7.97. The zero-order valence-corrected chi connectivity index (χ0v) is 18.0. The van der Waals surface area contributed by atoms with Crippen LogP contribution in [0.4, 0.5) is 24.5 Å². The fraction of sp³-hybridized carbons (Fsp3) is 0.300. The Morgan fingerprint density at radius 1 is 1.32 bits per heavy atom. The van der Waals surface area contributed by atoms with Crippen LogP contribution < -0.4 is 14.9 Å². The molecule has 0 amide bonds. The molecule has 31 heavy (non-hydrogen) atoms. The number of nitrogens with zero attached hydrogens (tertiary/aromatic N) is 4. The number of halogens is 3. The molecule has 0 atom stereocenters. The first kappa shape index (κ1) is 23.0. The molecule has 0 bridgehead atoms. The van der Waals surface area contributed by atoms with Gasteiger partial charge in [0.1, 0.15) is 17.9 Å². The maximum atomic E-state index is 13.4. The lowest BCUT2D eigenvalue weighted by molar-refractivity contribution is -0.138. The molecule has 6 nitrogen and oxygen atoms in total. The minimum atomic E-state index is -4.75. The van der Waals surface area contributed by atoms with Gasteiger partial charge in [-0.15, -0.1) is 0 Å². The van der Waals surface area contributed by atoms with Gasteiger partial charge < -0.3 is 14.6 Å². The molecule has 0 spiro atoms. The molecule has 0 unspecified atom stereocenters. The summed E-state index contributed by atoms with van der Waals surface area (Å²) < 4.78 is 40.1. The van der Waals surface area contributed by atoms with E-state index >= 15 is 0 Å². The van der Waals surface area contributed by atoms with Gasteiger partial charge in [-0.3, -0.25) is 5.14 Å². The van der Waals surface area contributed by atoms with Crippen LogP contribution in [0.3, 0.4) is 0 Å². The predicted molar refractivity (Wildman–Crippen MR) is 117 cm³/mol. The average Bonchev–Trinajstić information content (AvgIpc) is 2.74. The lowest BCUT2D eigenvalue weighted by Gasteiger charge is -2.48. The van der Waals surface area contributed by atoms with Gasteiger partial charge in [-0.1, -0.05) is 0 Å². The van der Waals surface area contributed by atoms with E-state index in [0.29, 0.717) is 18.5 Å². The molecule has 0 saturated heterocycles. The smallest absolute Gasteiger partial charge is 0.320 e. The molecule has 1 heterocycles. The molecule has 1 aromatic carbocycles. The molecule has 2 N–H and O–H groups in total. The lowest BCUT2D eigenvalue weighted by Crippen LogP contribution is -2.60. The fourth-order valence-electron chi connectivity index (χ4n) is 3.37. The molecule has 1 aliphatic carbocycles. The van der Waals surface area contributed by atoms with Crippen molar-refractivity contribution in [1.29, 1.82) is 5.26 Å². The van der Waals surface area contributed by atoms with Gasteiger partial charge in [0.05, 0.1) is 17.4 Å². The zero-order valence-electron chi connectivity index (χ0n) is 16.4. The summed E-state index contributed by atoms with van der Waals surface area (Å²) in [5.74, 6) is 0. The highest BCUT2D eigenvalue weighted by atomic mass is 32.2. The van der Waals surface area contributed by atoms with E-state index in [1.165, 1.54) is 18.0 Å². The molecule has 0 radical (unpaired) electrons. The van der Waals surface area contributed by atoms with Crippen molar-refractivity contribution in [3.8, 4) is 6.07 Å². The number of carbonyl (C=O) groups excluding carboxylic acids is 1. The Morgan fingerprint density at radius 3 is 2.42 bits per heavy atom. The normalized spacial score (nSPS) is 14.8. The van der Waals surface area contributed by atoms with Crippen LogP contribution in [0.1, 0.15) is 30.5 Å². The predicted octanol–water partition coefficient (Wildman–Crippen LogP) is 4.29. The van der Waals surface area contributed by atoms with Gasteiger partial charge in [0.15, 0.2) is 10.8 Å². The first-order valence-electron chi connectivity index (χ1n) is 9.15. The van der Waals surface area contributed by atoms with Crippen molar-refractivity contribution >= 4 is 46.9 Å². The second-order valence-corrected chi connectivity index (χ2v) is 8.14. The summed E-state index contributed by atoms with van der Waals surface area (Å²) in [6, 6.07) is 9.36. The number of benzene rings is 1. The summed E-state index contributed by atoms with van der Waals surface area (Å²) in [7, 11) is 1.50. The van der Waals surface area contributed by atoms with Crippen molar-refractivity contribution in [2.75, 3.05) is 16.8 Å². The minimum absolute atomic E-state index is 0.0517. The lowest BCUT2D eigenvalue weighted by atomic mass is 9.76. The number of rotatable bonds is 5. The van der Waals surface area contributed by atoms with Crippen LogP contribution in [-0.4, -0.2) is 29.0 Å². The van der Waals surface area contributed by atoms with Crippen molar-refractivity contribution in [1.82, 2.24) is 4.98 Å². The summed E-state index contributed by atoms with van der Waals surface area (Å²) in [6.45, 7) is 0. The summed E-state index contributed by atoms with van der Waals surface area (Å²) in [4.78, 5) is 19.5. The number of pyridine rings is 1. The minimum Gasteiger partial charge on any atom is -0.320 e. The number of hydrogen-bond acceptors (Lipinski definition) is 6. The SMILES string of the molecule is CN(C(=S)N(c1ccc(SN)cc1)C1(C=O)CCC1)c1cnc(C#N)c(C(F)(F)F)c1. The summed E-state index contributed by atoms with van der Waals surface area (Å²) >= 11 is 6.69. The third-order valence-electron chi connectivity index (χ3n) is 5.27. The van der Waals surface area contributed by atoms with Crippen LogP contribution in [0.2, 0.25) is 0 Å². The van der Waals surface area contributed by atoms with Gasteiger partial charge in [0.25, 0.3) is 0 Å². The number of aldehydes is 1. The van der Waals surface area contributed by atoms with Crippen LogP contribution >= 0.6 is 24.2 Å². The van der Waals surface area contributed by atoms with E-state index in [1.54, 1.807) is 29.2 Å². The Bertz CT molecular complexity index is 1030. The maximum Gasteiger partial charge on any atom is 0.419 e. The number of carbonyl (C=O) groups is 1. The Morgan fingerprint density at radius 2 is 1.97 bits per heavy atom. The van der Waals surface area contributed by atoms with E-state index in [1.807, 2.05) is 0 Å². The van der Waals surface area contributed by atoms with Crippen LogP contribution in [0.15, 0.2) is 41.4 Å². The number of hydrogen-bond donors (Lipinski definition) is 1. The molecule has 1 aromatic heterocycles. The topological polar surface area (TPSA) is 86.2 Å². The van der Waals surface area contributed by atoms with E-state index in [4.69, 9.17) is 22.6 Å². The van der Waals surface area contributed by atoms with Crippen molar-refractivity contribution in [2.45, 2.75) is 35.9 Å². The first-order chi connectivity index (χ1) is 14.7. The van der Waals surface area contributed by atoms with Crippen LogP contribution in [0, 0.1) is 11.3 Å². The molecular formula is C20H18F3N5OS2. The van der Waals surface area contributed by atoms with E-state index in [9.17, 15) is 18.0 Å². The average molecular weight is 466 g/mol. The summed E-state index contributed by atoms with van der Waals surface area (Å²) in [5, 5.41) is 14.7. The molecule has 2 aromatic rings. The number of nitrogens with two attached hydrogens (primary N) is 1. The van der Waals surface area contributed by atoms with Crippen LogP contribution in [0.25, 0.3) is 0 Å². The Balaban J connectivity index is 2.03. The van der Waals surface area contributed by atoms with Gasteiger partial charge in [0, 0.05) is 17.6 Å². The third kappa shape index (κ3) is 4.37. The number of alkyl halides is 3. The molecule has 1 aliphatic rings. The Hall–Kier alpha value is -2.68. The number of thiocarbonyl (C=S) groups is 1. The van der Waals surface area contributed by atoms with Crippen molar-refractivity contribution in [3.05, 3.63) is 47.8 Å². The number of aromatic nitrogens is 1.